The number of hydrogen-bond donors (Lipinski definition) is 2. The number of benzene rings is 2. The van der Waals surface area contributed by atoms with Gasteiger partial charge in [0, 0.05) is 28.3 Å². The number of phenolic OH excluding ortho intramolecular Hbond substituents is 1. The third kappa shape index (κ3) is 3.17. The number of methoxy groups -OCH3 is 1. The standard InChI is InChI=1S/C14H14BrNO2/c1-18-13-6-5-10(14(17)8-13)9-16-12-4-2-3-11(15)7-12/h2-8,16-17H,9H2,1H3. The van der Waals surface area contributed by atoms with Crippen LogP contribution in [0, 0.1) is 0 Å². The largest absolute Gasteiger partial charge is 0.507 e. The molecular formula is C14H14BrNO2. The van der Waals surface area contributed by atoms with Gasteiger partial charge in [-0.2, -0.15) is 0 Å². The Hall–Kier alpha value is -1.68. The average molecular weight is 308 g/mol. The van der Waals surface area contributed by atoms with E-state index in [-0.39, 0.29) is 5.75 Å². The summed E-state index contributed by atoms with van der Waals surface area (Å²) in [6.45, 7) is 0.562. The van der Waals surface area contributed by atoms with Gasteiger partial charge in [-0.05, 0) is 30.3 Å². The van der Waals surface area contributed by atoms with Crippen molar-refractivity contribution in [2.75, 3.05) is 12.4 Å². The normalized spacial score (nSPS) is 10.1. The number of rotatable bonds is 4. The number of anilines is 1. The van der Waals surface area contributed by atoms with Gasteiger partial charge in [0.15, 0.2) is 0 Å². The van der Waals surface area contributed by atoms with Crippen LogP contribution in [0.2, 0.25) is 0 Å². The van der Waals surface area contributed by atoms with Crippen molar-refractivity contribution in [2.45, 2.75) is 6.54 Å². The minimum atomic E-state index is 0.233. The van der Waals surface area contributed by atoms with E-state index in [1.165, 1.54) is 0 Å². The van der Waals surface area contributed by atoms with Gasteiger partial charge in [-0.1, -0.05) is 22.0 Å². The lowest BCUT2D eigenvalue weighted by molar-refractivity contribution is 0.406. The van der Waals surface area contributed by atoms with Crippen molar-refractivity contribution in [1.82, 2.24) is 0 Å². The number of phenols is 1. The molecule has 0 fully saturated rings. The van der Waals surface area contributed by atoms with Crippen LogP contribution in [0.3, 0.4) is 0 Å². The maximum atomic E-state index is 9.83. The van der Waals surface area contributed by atoms with Gasteiger partial charge in [-0.25, -0.2) is 0 Å². The van der Waals surface area contributed by atoms with E-state index in [1.54, 1.807) is 13.2 Å². The Labute approximate surface area is 115 Å². The number of aromatic hydroxyl groups is 1. The van der Waals surface area contributed by atoms with Crippen molar-refractivity contribution in [1.29, 1.82) is 0 Å². The smallest absolute Gasteiger partial charge is 0.124 e. The van der Waals surface area contributed by atoms with E-state index in [1.807, 2.05) is 36.4 Å². The van der Waals surface area contributed by atoms with Crippen LogP contribution in [0.15, 0.2) is 46.9 Å². The molecular weight excluding hydrogens is 294 g/mol. The second-order valence-corrected chi connectivity index (χ2v) is 4.77. The molecule has 0 atom stereocenters. The summed E-state index contributed by atoms with van der Waals surface area (Å²) >= 11 is 3.42. The fourth-order valence-electron chi connectivity index (χ4n) is 1.62. The summed E-state index contributed by atoms with van der Waals surface area (Å²) in [7, 11) is 1.58. The topological polar surface area (TPSA) is 41.5 Å². The highest BCUT2D eigenvalue weighted by Crippen LogP contribution is 2.24. The third-order valence-corrected chi connectivity index (χ3v) is 3.09. The summed E-state index contributed by atoms with van der Waals surface area (Å²) in [4.78, 5) is 0. The molecule has 0 aliphatic heterocycles. The van der Waals surface area contributed by atoms with Crippen LogP contribution in [0.1, 0.15) is 5.56 Å². The van der Waals surface area contributed by atoms with Crippen molar-refractivity contribution in [2.24, 2.45) is 0 Å². The molecule has 2 rings (SSSR count). The Morgan fingerprint density at radius 3 is 2.72 bits per heavy atom. The lowest BCUT2D eigenvalue weighted by Gasteiger charge is -2.09. The fraction of sp³-hybridized carbons (Fsp3) is 0.143. The molecule has 2 aromatic carbocycles. The quantitative estimate of drug-likeness (QED) is 0.903. The molecule has 0 heterocycles. The molecule has 0 unspecified atom stereocenters. The van der Waals surface area contributed by atoms with Crippen molar-refractivity contribution >= 4 is 21.6 Å². The van der Waals surface area contributed by atoms with Crippen molar-refractivity contribution < 1.29 is 9.84 Å². The third-order valence-electron chi connectivity index (χ3n) is 2.60. The van der Waals surface area contributed by atoms with Crippen LogP contribution in [0.4, 0.5) is 5.69 Å². The molecule has 0 spiro atoms. The molecule has 0 bridgehead atoms. The Kier molecular flexibility index (Phi) is 4.10. The van der Waals surface area contributed by atoms with E-state index in [4.69, 9.17) is 4.74 Å². The van der Waals surface area contributed by atoms with Crippen molar-refractivity contribution in [3.8, 4) is 11.5 Å². The molecule has 2 N–H and O–H groups in total. The number of hydrogen-bond acceptors (Lipinski definition) is 3. The van der Waals surface area contributed by atoms with Gasteiger partial charge in [0.1, 0.15) is 11.5 Å². The maximum absolute atomic E-state index is 9.83. The SMILES string of the molecule is COc1ccc(CNc2cccc(Br)c2)c(O)c1. The van der Waals surface area contributed by atoms with E-state index in [9.17, 15) is 5.11 Å². The molecule has 18 heavy (non-hydrogen) atoms. The van der Waals surface area contributed by atoms with Crippen LogP contribution < -0.4 is 10.1 Å². The van der Waals surface area contributed by atoms with Gasteiger partial charge in [-0.15, -0.1) is 0 Å². The highest BCUT2D eigenvalue weighted by Gasteiger charge is 2.03. The number of ether oxygens (including phenoxy) is 1. The van der Waals surface area contributed by atoms with Gasteiger partial charge < -0.3 is 15.2 Å². The highest BCUT2D eigenvalue weighted by atomic mass is 79.9. The molecule has 94 valence electrons. The van der Waals surface area contributed by atoms with Gasteiger partial charge in [0.25, 0.3) is 0 Å². The molecule has 0 saturated carbocycles. The zero-order chi connectivity index (χ0) is 13.0. The van der Waals surface area contributed by atoms with Crippen LogP contribution >= 0.6 is 15.9 Å². The Morgan fingerprint density at radius 1 is 1.22 bits per heavy atom. The second kappa shape index (κ2) is 5.78. The number of halogens is 1. The first-order chi connectivity index (χ1) is 8.69. The molecule has 0 saturated heterocycles. The lowest BCUT2D eigenvalue weighted by atomic mass is 10.2. The summed E-state index contributed by atoms with van der Waals surface area (Å²) in [5.74, 6) is 0.885. The zero-order valence-electron chi connectivity index (χ0n) is 9.98. The van der Waals surface area contributed by atoms with E-state index >= 15 is 0 Å². The Morgan fingerprint density at radius 2 is 2.06 bits per heavy atom. The summed E-state index contributed by atoms with van der Waals surface area (Å²) < 4.78 is 6.06. The summed E-state index contributed by atoms with van der Waals surface area (Å²) in [5, 5.41) is 13.1. The Bertz CT molecular complexity index is 543. The molecule has 0 aliphatic rings. The predicted octanol–water partition coefficient (Wildman–Crippen LogP) is 3.78. The van der Waals surface area contributed by atoms with E-state index in [0.29, 0.717) is 12.3 Å². The van der Waals surface area contributed by atoms with Crippen LogP contribution in [-0.2, 0) is 6.54 Å². The lowest BCUT2D eigenvalue weighted by Crippen LogP contribution is -1.99. The molecule has 0 radical (unpaired) electrons. The second-order valence-electron chi connectivity index (χ2n) is 3.86. The summed E-state index contributed by atoms with van der Waals surface area (Å²) in [6, 6.07) is 13.2. The molecule has 0 aliphatic carbocycles. The first kappa shape index (κ1) is 12.8. The minimum Gasteiger partial charge on any atom is -0.507 e. The van der Waals surface area contributed by atoms with Gasteiger partial charge in [0.2, 0.25) is 0 Å². The molecule has 3 nitrogen and oxygen atoms in total. The van der Waals surface area contributed by atoms with Crippen LogP contribution in [-0.4, -0.2) is 12.2 Å². The van der Waals surface area contributed by atoms with Gasteiger partial charge in [-0.3, -0.25) is 0 Å². The zero-order valence-corrected chi connectivity index (χ0v) is 11.6. The molecule has 2 aromatic rings. The average Bonchev–Trinajstić information content (AvgIpc) is 2.37. The van der Waals surface area contributed by atoms with Crippen molar-refractivity contribution in [3.63, 3.8) is 0 Å². The van der Waals surface area contributed by atoms with Crippen LogP contribution in [0.25, 0.3) is 0 Å². The van der Waals surface area contributed by atoms with Gasteiger partial charge >= 0.3 is 0 Å². The van der Waals surface area contributed by atoms with E-state index in [0.717, 1.165) is 15.7 Å². The predicted molar refractivity (Wildman–Crippen MR) is 76.1 cm³/mol. The maximum Gasteiger partial charge on any atom is 0.124 e. The first-order valence-corrected chi connectivity index (χ1v) is 6.33. The molecule has 4 heteroatoms. The van der Waals surface area contributed by atoms with E-state index < -0.39 is 0 Å². The van der Waals surface area contributed by atoms with Crippen molar-refractivity contribution in [3.05, 3.63) is 52.5 Å². The summed E-state index contributed by atoms with van der Waals surface area (Å²) in [5.41, 5.74) is 1.83. The first-order valence-electron chi connectivity index (χ1n) is 5.54. The minimum absolute atomic E-state index is 0.233. The van der Waals surface area contributed by atoms with Crippen LogP contribution in [0.5, 0.6) is 11.5 Å². The highest BCUT2D eigenvalue weighted by molar-refractivity contribution is 9.10. The number of nitrogens with one attached hydrogen (secondary N) is 1. The monoisotopic (exact) mass is 307 g/mol. The Balaban J connectivity index is 2.06. The van der Waals surface area contributed by atoms with Gasteiger partial charge in [0.05, 0.1) is 7.11 Å². The van der Waals surface area contributed by atoms with E-state index in [2.05, 4.69) is 21.2 Å². The summed E-state index contributed by atoms with van der Waals surface area (Å²) in [6.07, 6.45) is 0. The fourth-order valence-corrected chi connectivity index (χ4v) is 2.02. The molecule has 0 aromatic heterocycles. The molecule has 0 amide bonds.